The van der Waals surface area contributed by atoms with Crippen molar-refractivity contribution in [3.05, 3.63) is 23.8 Å². The van der Waals surface area contributed by atoms with Gasteiger partial charge < -0.3 is 14.8 Å². The van der Waals surface area contributed by atoms with Gasteiger partial charge in [-0.15, -0.1) is 12.3 Å². The number of alkyl halides is 2. The highest BCUT2D eigenvalue weighted by molar-refractivity contribution is 5.42. The van der Waals surface area contributed by atoms with E-state index < -0.39 is 6.61 Å². The fourth-order valence-corrected chi connectivity index (χ4v) is 1.57. The Morgan fingerprint density at radius 3 is 2.79 bits per heavy atom. The van der Waals surface area contributed by atoms with Crippen LogP contribution in [-0.2, 0) is 6.54 Å². The van der Waals surface area contributed by atoms with E-state index in [-0.39, 0.29) is 11.5 Å². The molecule has 1 aromatic rings. The lowest BCUT2D eigenvalue weighted by Crippen LogP contribution is -2.14. The van der Waals surface area contributed by atoms with Crippen LogP contribution in [0.5, 0.6) is 11.5 Å². The standard InChI is InChI=1S/C14H17F2NO2/c1-3-4-5-8-17-10-11-6-7-12(18-2)13(9-11)19-14(15)16/h1,6-7,9,14,17H,4-5,8,10H2,2H3. The molecule has 1 rings (SSSR count). The van der Waals surface area contributed by atoms with E-state index in [1.807, 2.05) is 0 Å². The summed E-state index contributed by atoms with van der Waals surface area (Å²) in [6, 6.07) is 4.95. The van der Waals surface area contributed by atoms with Gasteiger partial charge in [0.15, 0.2) is 11.5 Å². The second-order valence-corrected chi connectivity index (χ2v) is 3.85. The lowest BCUT2D eigenvalue weighted by molar-refractivity contribution is -0.0512. The third kappa shape index (κ3) is 5.58. The number of methoxy groups -OCH3 is 1. The molecule has 0 radical (unpaired) electrons. The molecule has 0 saturated carbocycles. The Labute approximate surface area is 111 Å². The average Bonchev–Trinajstić information content (AvgIpc) is 2.38. The van der Waals surface area contributed by atoms with Gasteiger partial charge in [0, 0.05) is 13.0 Å². The number of rotatable bonds is 8. The molecule has 0 aliphatic carbocycles. The number of halogens is 2. The van der Waals surface area contributed by atoms with E-state index >= 15 is 0 Å². The molecular formula is C14H17F2NO2. The highest BCUT2D eigenvalue weighted by Gasteiger charge is 2.10. The molecule has 0 aliphatic heterocycles. The Hall–Kier alpha value is -1.80. The molecule has 0 fully saturated rings. The number of nitrogens with one attached hydrogen (secondary N) is 1. The molecule has 1 N–H and O–H groups in total. The number of unbranched alkanes of at least 4 members (excludes halogenated alkanes) is 1. The Bertz CT molecular complexity index is 430. The van der Waals surface area contributed by atoms with Crippen molar-refractivity contribution in [2.75, 3.05) is 13.7 Å². The first-order valence-corrected chi connectivity index (χ1v) is 5.93. The summed E-state index contributed by atoms with van der Waals surface area (Å²) in [5.74, 6) is 2.88. The van der Waals surface area contributed by atoms with Crippen LogP contribution >= 0.6 is 0 Å². The largest absolute Gasteiger partial charge is 0.493 e. The summed E-state index contributed by atoms with van der Waals surface area (Å²) in [4.78, 5) is 0. The molecule has 5 heteroatoms. The average molecular weight is 269 g/mol. The van der Waals surface area contributed by atoms with Crippen molar-refractivity contribution in [2.24, 2.45) is 0 Å². The third-order valence-corrected chi connectivity index (χ3v) is 2.45. The minimum atomic E-state index is -2.87. The summed E-state index contributed by atoms with van der Waals surface area (Å²) in [7, 11) is 1.41. The van der Waals surface area contributed by atoms with Gasteiger partial charge in [0.1, 0.15) is 0 Å². The molecule has 0 atom stereocenters. The summed E-state index contributed by atoms with van der Waals surface area (Å²) in [6.07, 6.45) is 6.74. The van der Waals surface area contributed by atoms with Gasteiger partial charge in [-0.3, -0.25) is 0 Å². The molecule has 104 valence electrons. The SMILES string of the molecule is C#CCCCNCc1ccc(OC)c(OC(F)F)c1. The fourth-order valence-electron chi connectivity index (χ4n) is 1.57. The third-order valence-electron chi connectivity index (χ3n) is 2.45. The number of benzene rings is 1. The predicted octanol–water partition coefficient (Wildman–Crippen LogP) is 2.80. The van der Waals surface area contributed by atoms with E-state index in [4.69, 9.17) is 11.2 Å². The maximum Gasteiger partial charge on any atom is 0.387 e. The Balaban J connectivity index is 2.57. The van der Waals surface area contributed by atoms with E-state index in [1.54, 1.807) is 18.2 Å². The second-order valence-electron chi connectivity index (χ2n) is 3.85. The van der Waals surface area contributed by atoms with Gasteiger partial charge in [-0.05, 0) is 30.7 Å². The van der Waals surface area contributed by atoms with E-state index in [1.165, 1.54) is 7.11 Å². The van der Waals surface area contributed by atoms with Crippen molar-refractivity contribution < 1.29 is 18.3 Å². The van der Waals surface area contributed by atoms with Crippen LogP contribution < -0.4 is 14.8 Å². The first-order chi connectivity index (χ1) is 9.17. The molecular weight excluding hydrogens is 252 g/mol. The smallest absolute Gasteiger partial charge is 0.387 e. The molecule has 0 aliphatic rings. The zero-order valence-corrected chi connectivity index (χ0v) is 10.8. The summed E-state index contributed by atoms with van der Waals surface area (Å²) in [5.41, 5.74) is 0.845. The minimum Gasteiger partial charge on any atom is -0.493 e. The summed E-state index contributed by atoms with van der Waals surface area (Å²) in [6.45, 7) is -1.53. The molecule has 0 unspecified atom stereocenters. The topological polar surface area (TPSA) is 30.5 Å². The van der Waals surface area contributed by atoms with Crippen LogP contribution in [0, 0.1) is 12.3 Å². The van der Waals surface area contributed by atoms with Crippen molar-refractivity contribution in [2.45, 2.75) is 26.0 Å². The Kier molecular flexibility index (Phi) is 6.69. The maximum absolute atomic E-state index is 12.2. The molecule has 1 aromatic carbocycles. The van der Waals surface area contributed by atoms with Crippen molar-refractivity contribution >= 4 is 0 Å². The second kappa shape index (κ2) is 8.33. The van der Waals surface area contributed by atoms with Crippen LogP contribution in [-0.4, -0.2) is 20.3 Å². The highest BCUT2D eigenvalue weighted by Crippen LogP contribution is 2.29. The van der Waals surface area contributed by atoms with Crippen LogP contribution in [0.15, 0.2) is 18.2 Å². The van der Waals surface area contributed by atoms with E-state index in [0.717, 1.165) is 24.9 Å². The number of ether oxygens (including phenoxy) is 2. The van der Waals surface area contributed by atoms with Crippen LogP contribution in [0.1, 0.15) is 18.4 Å². The summed E-state index contributed by atoms with van der Waals surface area (Å²) < 4.78 is 33.9. The predicted molar refractivity (Wildman–Crippen MR) is 69.4 cm³/mol. The highest BCUT2D eigenvalue weighted by atomic mass is 19.3. The van der Waals surface area contributed by atoms with Gasteiger partial charge in [0.25, 0.3) is 0 Å². The van der Waals surface area contributed by atoms with Crippen molar-refractivity contribution in [1.82, 2.24) is 5.32 Å². The van der Waals surface area contributed by atoms with Crippen LogP contribution in [0.4, 0.5) is 8.78 Å². The monoisotopic (exact) mass is 269 g/mol. The van der Waals surface area contributed by atoms with Gasteiger partial charge in [0.2, 0.25) is 0 Å². The Morgan fingerprint density at radius 1 is 1.37 bits per heavy atom. The molecule has 3 nitrogen and oxygen atoms in total. The molecule has 0 amide bonds. The van der Waals surface area contributed by atoms with Crippen LogP contribution in [0.25, 0.3) is 0 Å². The van der Waals surface area contributed by atoms with Crippen LogP contribution in [0.2, 0.25) is 0 Å². The van der Waals surface area contributed by atoms with E-state index in [2.05, 4.69) is 16.0 Å². The van der Waals surface area contributed by atoms with Crippen molar-refractivity contribution in [3.8, 4) is 23.8 Å². The lowest BCUT2D eigenvalue weighted by atomic mass is 10.2. The van der Waals surface area contributed by atoms with E-state index in [9.17, 15) is 8.78 Å². The van der Waals surface area contributed by atoms with Crippen molar-refractivity contribution in [3.63, 3.8) is 0 Å². The quantitative estimate of drug-likeness (QED) is 0.581. The number of terminal acetylenes is 1. The number of hydrogen-bond donors (Lipinski definition) is 1. The van der Waals surface area contributed by atoms with Crippen molar-refractivity contribution in [1.29, 1.82) is 0 Å². The van der Waals surface area contributed by atoms with Gasteiger partial charge in [-0.1, -0.05) is 6.07 Å². The summed E-state index contributed by atoms with van der Waals surface area (Å²) in [5, 5.41) is 3.18. The molecule has 0 bridgehead atoms. The normalized spacial score (nSPS) is 10.3. The van der Waals surface area contributed by atoms with Gasteiger partial charge in [0.05, 0.1) is 7.11 Å². The molecule has 0 spiro atoms. The molecule has 0 saturated heterocycles. The summed E-state index contributed by atoms with van der Waals surface area (Å²) >= 11 is 0. The van der Waals surface area contributed by atoms with Gasteiger partial charge >= 0.3 is 6.61 Å². The molecule has 0 heterocycles. The zero-order valence-electron chi connectivity index (χ0n) is 10.8. The maximum atomic E-state index is 12.2. The van der Waals surface area contributed by atoms with E-state index in [0.29, 0.717) is 6.54 Å². The molecule has 19 heavy (non-hydrogen) atoms. The lowest BCUT2D eigenvalue weighted by Gasteiger charge is -2.12. The molecule has 0 aromatic heterocycles. The van der Waals surface area contributed by atoms with Gasteiger partial charge in [-0.25, -0.2) is 0 Å². The number of hydrogen-bond acceptors (Lipinski definition) is 3. The first-order valence-electron chi connectivity index (χ1n) is 5.93. The Morgan fingerprint density at radius 2 is 2.16 bits per heavy atom. The van der Waals surface area contributed by atoms with Gasteiger partial charge in [-0.2, -0.15) is 8.78 Å². The van der Waals surface area contributed by atoms with Crippen LogP contribution in [0.3, 0.4) is 0 Å². The minimum absolute atomic E-state index is 0.0421. The first kappa shape index (κ1) is 15.3. The fraction of sp³-hybridized carbons (Fsp3) is 0.429. The zero-order chi connectivity index (χ0) is 14.1.